The van der Waals surface area contributed by atoms with Crippen LogP contribution in [0.25, 0.3) is 0 Å². The summed E-state index contributed by atoms with van der Waals surface area (Å²) < 4.78 is 5.27. The van der Waals surface area contributed by atoms with Gasteiger partial charge in [0.2, 0.25) is 0 Å². The number of urea groups is 1. The molecule has 0 aromatic heterocycles. The number of aliphatic carboxylic acids is 1. The van der Waals surface area contributed by atoms with Gasteiger partial charge >= 0.3 is 12.0 Å². The summed E-state index contributed by atoms with van der Waals surface area (Å²) in [4.78, 5) is 23.9. The molecule has 0 radical (unpaired) electrons. The van der Waals surface area contributed by atoms with Crippen molar-refractivity contribution in [2.24, 2.45) is 0 Å². The van der Waals surface area contributed by atoms with Gasteiger partial charge in [-0.25, -0.2) is 9.59 Å². The van der Waals surface area contributed by atoms with E-state index < -0.39 is 24.1 Å². The van der Waals surface area contributed by atoms with Crippen LogP contribution in [0.5, 0.6) is 0 Å². The SMILES string of the molecule is CCCOCCCNC(=O)N1CC(O)CC1C(=O)O. The number of ether oxygens (including phenoxy) is 1. The number of nitrogens with one attached hydrogen (secondary N) is 1. The fraction of sp³-hybridized carbons (Fsp3) is 0.833. The summed E-state index contributed by atoms with van der Waals surface area (Å²) in [5.74, 6) is -1.09. The van der Waals surface area contributed by atoms with E-state index in [-0.39, 0.29) is 13.0 Å². The molecule has 0 aromatic carbocycles. The molecule has 0 aromatic rings. The number of carbonyl (C=O) groups is 2. The van der Waals surface area contributed by atoms with Gasteiger partial charge < -0.3 is 25.2 Å². The highest BCUT2D eigenvalue weighted by atomic mass is 16.5. The quantitative estimate of drug-likeness (QED) is 0.569. The molecule has 0 spiro atoms. The van der Waals surface area contributed by atoms with E-state index in [0.29, 0.717) is 26.2 Å². The lowest BCUT2D eigenvalue weighted by molar-refractivity contribution is -0.141. The van der Waals surface area contributed by atoms with Crippen LogP contribution in [0, 0.1) is 0 Å². The zero-order valence-corrected chi connectivity index (χ0v) is 11.2. The molecular weight excluding hydrogens is 252 g/mol. The number of hydrogen-bond donors (Lipinski definition) is 3. The number of rotatable bonds is 7. The Hall–Kier alpha value is -1.34. The predicted molar refractivity (Wildman–Crippen MR) is 67.9 cm³/mol. The molecule has 1 aliphatic rings. The maximum Gasteiger partial charge on any atom is 0.326 e. The first-order valence-corrected chi connectivity index (χ1v) is 6.59. The predicted octanol–water partition coefficient (Wildman–Crippen LogP) is 0.0325. The summed E-state index contributed by atoms with van der Waals surface area (Å²) in [5.41, 5.74) is 0. The number of carboxylic acid groups (broad SMARTS) is 1. The Morgan fingerprint density at radius 1 is 1.42 bits per heavy atom. The second-order valence-corrected chi connectivity index (χ2v) is 4.59. The Morgan fingerprint density at radius 3 is 2.79 bits per heavy atom. The summed E-state index contributed by atoms with van der Waals surface area (Å²) in [6.45, 7) is 3.79. The van der Waals surface area contributed by atoms with Crippen LogP contribution in [-0.2, 0) is 9.53 Å². The Labute approximate surface area is 112 Å². The van der Waals surface area contributed by atoms with Gasteiger partial charge in [-0.2, -0.15) is 0 Å². The van der Waals surface area contributed by atoms with Gasteiger partial charge in [0.15, 0.2) is 0 Å². The van der Waals surface area contributed by atoms with E-state index >= 15 is 0 Å². The number of likely N-dealkylation sites (tertiary alicyclic amines) is 1. The van der Waals surface area contributed by atoms with E-state index in [1.54, 1.807) is 0 Å². The maximum atomic E-state index is 11.8. The summed E-state index contributed by atoms with van der Waals surface area (Å²) in [5, 5.41) is 21.0. The highest BCUT2D eigenvalue weighted by molar-refractivity contribution is 5.83. The monoisotopic (exact) mass is 274 g/mol. The molecule has 2 unspecified atom stereocenters. The van der Waals surface area contributed by atoms with Crippen molar-refractivity contribution in [1.82, 2.24) is 10.2 Å². The third kappa shape index (κ3) is 5.04. The van der Waals surface area contributed by atoms with E-state index in [1.807, 2.05) is 6.92 Å². The molecule has 7 heteroatoms. The van der Waals surface area contributed by atoms with E-state index in [9.17, 15) is 14.7 Å². The molecule has 0 bridgehead atoms. The van der Waals surface area contributed by atoms with Gasteiger partial charge in [0.25, 0.3) is 0 Å². The highest BCUT2D eigenvalue weighted by Crippen LogP contribution is 2.17. The first-order valence-electron chi connectivity index (χ1n) is 6.59. The van der Waals surface area contributed by atoms with Gasteiger partial charge in [0.05, 0.1) is 6.10 Å². The standard InChI is InChI=1S/C12H22N2O5/c1-2-5-19-6-3-4-13-12(18)14-8-9(15)7-10(14)11(16)17/h9-10,15H,2-8H2,1H3,(H,13,18)(H,16,17). The second kappa shape index (κ2) is 7.96. The molecule has 110 valence electrons. The van der Waals surface area contributed by atoms with Gasteiger partial charge in [-0.05, 0) is 12.8 Å². The molecule has 2 amide bonds. The summed E-state index contributed by atoms with van der Waals surface area (Å²) in [6.07, 6.45) is 0.959. The molecule has 3 N–H and O–H groups in total. The zero-order valence-electron chi connectivity index (χ0n) is 11.2. The van der Waals surface area contributed by atoms with Gasteiger partial charge in [-0.3, -0.25) is 0 Å². The van der Waals surface area contributed by atoms with Crippen LogP contribution in [0.2, 0.25) is 0 Å². The number of amides is 2. The normalized spacial score (nSPS) is 22.5. The molecule has 0 aliphatic carbocycles. The fourth-order valence-electron chi connectivity index (χ4n) is 1.99. The first-order chi connectivity index (χ1) is 9.06. The minimum Gasteiger partial charge on any atom is -0.480 e. The number of aliphatic hydroxyl groups is 1. The Balaban J connectivity index is 2.26. The van der Waals surface area contributed by atoms with Gasteiger partial charge in [0, 0.05) is 32.7 Å². The van der Waals surface area contributed by atoms with Crippen LogP contribution in [0.15, 0.2) is 0 Å². The van der Waals surface area contributed by atoms with Crippen LogP contribution >= 0.6 is 0 Å². The number of hydrogen-bond acceptors (Lipinski definition) is 4. The van der Waals surface area contributed by atoms with Crippen molar-refractivity contribution in [1.29, 1.82) is 0 Å². The van der Waals surface area contributed by atoms with Gasteiger partial charge in [-0.15, -0.1) is 0 Å². The summed E-state index contributed by atoms with van der Waals surface area (Å²) in [6, 6.07) is -1.38. The van der Waals surface area contributed by atoms with E-state index in [2.05, 4.69) is 5.32 Å². The third-order valence-electron chi connectivity index (χ3n) is 2.92. The molecule has 1 heterocycles. The molecule has 2 atom stereocenters. The van der Waals surface area contributed by atoms with Crippen LogP contribution in [0.4, 0.5) is 4.79 Å². The summed E-state index contributed by atoms with van der Waals surface area (Å²) >= 11 is 0. The second-order valence-electron chi connectivity index (χ2n) is 4.59. The molecule has 1 saturated heterocycles. The molecule has 1 fully saturated rings. The highest BCUT2D eigenvalue weighted by Gasteiger charge is 2.38. The van der Waals surface area contributed by atoms with Crippen molar-refractivity contribution < 1.29 is 24.5 Å². The van der Waals surface area contributed by atoms with Gasteiger partial charge in [0.1, 0.15) is 6.04 Å². The van der Waals surface area contributed by atoms with Crippen LogP contribution in [-0.4, -0.2) is 65.6 Å². The molecule has 7 nitrogen and oxygen atoms in total. The average molecular weight is 274 g/mol. The third-order valence-corrected chi connectivity index (χ3v) is 2.92. The zero-order chi connectivity index (χ0) is 14.3. The van der Waals surface area contributed by atoms with Gasteiger partial charge in [-0.1, -0.05) is 6.92 Å². The fourth-order valence-corrected chi connectivity index (χ4v) is 1.99. The first kappa shape index (κ1) is 15.7. The lowest BCUT2D eigenvalue weighted by atomic mass is 10.2. The number of β-amino-alcohol motifs (C(OH)–C–C–N with tert-alkyl or cyclic N) is 1. The largest absolute Gasteiger partial charge is 0.480 e. The number of carbonyl (C=O) groups excluding carboxylic acids is 1. The lowest BCUT2D eigenvalue weighted by Crippen LogP contribution is -2.46. The number of carboxylic acids is 1. The Bertz CT molecular complexity index is 310. The summed E-state index contributed by atoms with van der Waals surface area (Å²) in [7, 11) is 0. The van der Waals surface area contributed by atoms with Crippen molar-refractivity contribution in [3.05, 3.63) is 0 Å². The molecule has 1 rings (SSSR count). The smallest absolute Gasteiger partial charge is 0.326 e. The Morgan fingerprint density at radius 2 is 2.16 bits per heavy atom. The Kier molecular flexibility index (Phi) is 6.58. The average Bonchev–Trinajstić information content (AvgIpc) is 2.76. The molecule has 0 saturated carbocycles. The van der Waals surface area contributed by atoms with E-state index in [4.69, 9.17) is 9.84 Å². The molecular formula is C12H22N2O5. The number of nitrogens with zero attached hydrogens (tertiary/aromatic N) is 1. The van der Waals surface area contributed by atoms with Crippen molar-refractivity contribution >= 4 is 12.0 Å². The van der Waals surface area contributed by atoms with E-state index in [0.717, 1.165) is 6.42 Å². The minimum absolute atomic E-state index is 0.0646. The van der Waals surface area contributed by atoms with Crippen molar-refractivity contribution in [2.45, 2.75) is 38.3 Å². The van der Waals surface area contributed by atoms with Crippen LogP contribution in [0.3, 0.4) is 0 Å². The maximum absolute atomic E-state index is 11.8. The van der Waals surface area contributed by atoms with Crippen LogP contribution in [0.1, 0.15) is 26.2 Å². The topological polar surface area (TPSA) is 99.1 Å². The van der Waals surface area contributed by atoms with Crippen molar-refractivity contribution in [2.75, 3.05) is 26.3 Å². The lowest BCUT2D eigenvalue weighted by Gasteiger charge is -2.21. The van der Waals surface area contributed by atoms with Crippen LogP contribution < -0.4 is 5.32 Å². The molecule has 19 heavy (non-hydrogen) atoms. The van der Waals surface area contributed by atoms with E-state index in [1.165, 1.54) is 4.90 Å². The minimum atomic E-state index is -1.09. The number of aliphatic hydroxyl groups excluding tert-OH is 1. The van der Waals surface area contributed by atoms with Crippen molar-refractivity contribution in [3.8, 4) is 0 Å². The molecule has 1 aliphatic heterocycles. The van der Waals surface area contributed by atoms with Crippen molar-refractivity contribution in [3.63, 3.8) is 0 Å².